The predicted molar refractivity (Wildman–Crippen MR) is 80.7 cm³/mol. The van der Waals surface area contributed by atoms with Crippen LogP contribution in [0.1, 0.15) is 26.7 Å². The summed E-state index contributed by atoms with van der Waals surface area (Å²) in [4.78, 5) is 29.8. The topological polar surface area (TPSA) is 89.9 Å². The molecule has 0 bridgehead atoms. The van der Waals surface area contributed by atoms with Gasteiger partial charge < -0.3 is 14.6 Å². The van der Waals surface area contributed by atoms with E-state index in [1.165, 1.54) is 13.2 Å². The van der Waals surface area contributed by atoms with E-state index in [0.29, 0.717) is 12.2 Å². The Morgan fingerprint density at radius 2 is 1.67 bits per heavy atom. The molecule has 0 spiro atoms. The molecule has 6 heteroatoms. The van der Waals surface area contributed by atoms with Crippen molar-refractivity contribution in [3.05, 3.63) is 37.5 Å². The van der Waals surface area contributed by atoms with Crippen LogP contribution in [0.3, 0.4) is 0 Å². The Morgan fingerprint density at radius 1 is 1.19 bits per heavy atom. The zero-order chi connectivity index (χ0) is 17.3. The highest BCUT2D eigenvalue weighted by molar-refractivity contribution is 5.86. The summed E-state index contributed by atoms with van der Waals surface area (Å²) in [5.41, 5.74) is 0.433. The van der Waals surface area contributed by atoms with Crippen molar-refractivity contribution in [1.82, 2.24) is 0 Å². The molecule has 0 aromatic rings. The molecule has 21 heavy (non-hydrogen) atoms. The number of carbonyl (C=O) groups is 3. The van der Waals surface area contributed by atoms with Gasteiger partial charge in [0.25, 0.3) is 0 Å². The van der Waals surface area contributed by atoms with Crippen LogP contribution in [-0.2, 0) is 23.9 Å². The summed E-state index contributed by atoms with van der Waals surface area (Å²) in [6.45, 7) is 13.7. The first kappa shape index (κ1) is 23.7. The zero-order valence-corrected chi connectivity index (χ0v) is 12.9. The van der Waals surface area contributed by atoms with Crippen molar-refractivity contribution in [2.75, 3.05) is 13.7 Å². The first-order valence-corrected chi connectivity index (χ1v) is 6.15. The Morgan fingerprint density at radius 3 is 1.86 bits per heavy atom. The van der Waals surface area contributed by atoms with Gasteiger partial charge in [-0.05, 0) is 13.3 Å². The number of carboxylic acids is 1. The van der Waals surface area contributed by atoms with Crippen molar-refractivity contribution in [1.29, 1.82) is 0 Å². The number of methoxy groups -OCH3 is 1. The van der Waals surface area contributed by atoms with Crippen molar-refractivity contribution >= 4 is 17.9 Å². The van der Waals surface area contributed by atoms with Gasteiger partial charge in [-0.25, -0.2) is 14.4 Å². The lowest BCUT2D eigenvalue weighted by Crippen LogP contribution is -2.00. The monoisotopic (exact) mass is 300 g/mol. The van der Waals surface area contributed by atoms with E-state index in [1.807, 2.05) is 6.92 Å². The number of unbranched alkanes of at least 4 members (excludes halogenated alkanes) is 1. The van der Waals surface area contributed by atoms with Crippen LogP contribution in [0, 0.1) is 0 Å². The molecule has 0 unspecified atom stereocenters. The summed E-state index contributed by atoms with van der Waals surface area (Å²) < 4.78 is 8.95. The minimum atomic E-state index is -0.981. The van der Waals surface area contributed by atoms with Crippen LogP contribution >= 0.6 is 0 Å². The fraction of sp³-hybridized carbons (Fsp3) is 0.400. The zero-order valence-electron chi connectivity index (χ0n) is 12.9. The van der Waals surface area contributed by atoms with Crippen molar-refractivity contribution < 1.29 is 29.0 Å². The Kier molecular flexibility index (Phi) is 19.9. The molecule has 0 aliphatic carbocycles. The highest BCUT2D eigenvalue weighted by Gasteiger charge is 1.95. The Labute approximate surface area is 125 Å². The fourth-order valence-corrected chi connectivity index (χ4v) is 0.550. The molecule has 6 nitrogen and oxygen atoms in total. The Balaban J connectivity index is -0.000000242. The Bertz CT molecular complexity index is 357. The molecule has 0 saturated carbocycles. The van der Waals surface area contributed by atoms with Crippen LogP contribution in [-0.4, -0.2) is 36.7 Å². The van der Waals surface area contributed by atoms with Crippen LogP contribution in [0.4, 0.5) is 0 Å². The number of carboxylic acid groups (broad SMARTS) is 1. The molecule has 0 saturated heterocycles. The molecule has 0 radical (unpaired) electrons. The molecule has 0 aromatic carbocycles. The van der Waals surface area contributed by atoms with Gasteiger partial charge in [0.15, 0.2) is 0 Å². The van der Waals surface area contributed by atoms with E-state index in [1.54, 1.807) is 6.92 Å². The van der Waals surface area contributed by atoms with E-state index in [4.69, 9.17) is 5.11 Å². The first-order chi connectivity index (χ1) is 9.76. The van der Waals surface area contributed by atoms with Gasteiger partial charge in [-0.1, -0.05) is 33.1 Å². The summed E-state index contributed by atoms with van der Waals surface area (Å²) in [7, 11) is 1.33. The molecular weight excluding hydrogens is 276 g/mol. The van der Waals surface area contributed by atoms with Gasteiger partial charge in [0.05, 0.1) is 13.7 Å². The molecule has 0 aliphatic rings. The third-order valence-electron chi connectivity index (χ3n) is 1.62. The molecule has 0 atom stereocenters. The van der Waals surface area contributed by atoms with Gasteiger partial charge in [-0.15, -0.1) is 0 Å². The minimum Gasteiger partial charge on any atom is -0.478 e. The van der Waals surface area contributed by atoms with Gasteiger partial charge in [-0.2, -0.15) is 0 Å². The van der Waals surface area contributed by atoms with Crippen LogP contribution in [0.2, 0.25) is 0 Å². The minimum absolute atomic E-state index is 0.330. The second-order valence-corrected chi connectivity index (χ2v) is 3.54. The highest BCUT2D eigenvalue weighted by Crippen LogP contribution is 1.88. The number of rotatable bonds is 6. The first-order valence-electron chi connectivity index (χ1n) is 6.15. The number of hydrogen-bond acceptors (Lipinski definition) is 5. The van der Waals surface area contributed by atoms with Gasteiger partial charge in [-0.3, -0.25) is 0 Å². The number of ether oxygens (including phenoxy) is 2. The van der Waals surface area contributed by atoms with Crippen molar-refractivity contribution in [2.45, 2.75) is 26.7 Å². The van der Waals surface area contributed by atoms with E-state index >= 15 is 0 Å². The quantitative estimate of drug-likeness (QED) is 0.460. The number of esters is 2. The van der Waals surface area contributed by atoms with Gasteiger partial charge in [0, 0.05) is 17.7 Å². The number of hydrogen-bond donors (Lipinski definition) is 1. The number of carbonyl (C=O) groups excluding carboxylic acids is 2. The molecule has 1 N–H and O–H groups in total. The third-order valence-corrected chi connectivity index (χ3v) is 1.62. The average Bonchev–Trinajstić information content (AvgIpc) is 2.47. The molecular formula is C15H24O6. The van der Waals surface area contributed by atoms with Crippen LogP contribution < -0.4 is 0 Å². The van der Waals surface area contributed by atoms with Gasteiger partial charge in [0.1, 0.15) is 0 Å². The SMILES string of the molecule is C=C(C)C(=O)OC.C=CC(=O)O.C=CC(=O)OCCCC. The molecule has 0 aliphatic heterocycles. The molecule has 120 valence electrons. The van der Waals surface area contributed by atoms with Crippen molar-refractivity contribution in [3.8, 4) is 0 Å². The summed E-state index contributed by atoms with van der Waals surface area (Å²) in [5, 5.41) is 7.60. The van der Waals surface area contributed by atoms with Crippen LogP contribution in [0.25, 0.3) is 0 Å². The number of aliphatic carboxylic acids is 1. The van der Waals surface area contributed by atoms with E-state index in [2.05, 4.69) is 29.2 Å². The average molecular weight is 300 g/mol. The van der Waals surface area contributed by atoms with E-state index < -0.39 is 5.97 Å². The van der Waals surface area contributed by atoms with Crippen molar-refractivity contribution in [2.24, 2.45) is 0 Å². The van der Waals surface area contributed by atoms with Gasteiger partial charge >= 0.3 is 17.9 Å². The van der Waals surface area contributed by atoms with Crippen molar-refractivity contribution in [3.63, 3.8) is 0 Å². The lowest BCUT2D eigenvalue weighted by molar-refractivity contribution is -0.138. The lowest BCUT2D eigenvalue weighted by Gasteiger charge is -1.97. The smallest absolute Gasteiger partial charge is 0.332 e. The molecule has 0 aromatic heterocycles. The van der Waals surface area contributed by atoms with Gasteiger partial charge in [0.2, 0.25) is 0 Å². The van der Waals surface area contributed by atoms with E-state index in [9.17, 15) is 14.4 Å². The second-order valence-electron chi connectivity index (χ2n) is 3.54. The third kappa shape index (κ3) is 27.0. The normalized spacial score (nSPS) is 7.76. The maximum absolute atomic E-state index is 10.3. The lowest BCUT2D eigenvalue weighted by atomic mass is 10.4. The second kappa shape index (κ2) is 17.6. The molecule has 0 amide bonds. The molecule has 0 rings (SSSR count). The molecule has 0 fully saturated rings. The Hall–Kier alpha value is -2.37. The largest absolute Gasteiger partial charge is 0.478 e. The van der Waals surface area contributed by atoms with Crippen LogP contribution in [0.15, 0.2) is 37.5 Å². The summed E-state index contributed by atoms with van der Waals surface area (Å²) in [5.74, 6) is -1.66. The predicted octanol–water partition coefficient (Wildman–Crippen LogP) is 2.51. The maximum atomic E-state index is 10.3. The standard InChI is InChI=1S/C7H12O2.C5H8O2.C3H4O2/c1-3-5-6-9-7(8)4-2;1-4(2)5(6)7-3;1-2-3(4)5/h4H,2-3,5-6H2,1H3;1H2,2-3H3;2H,1H2,(H,4,5). The van der Waals surface area contributed by atoms with Crippen LogP contribution in [0.5, 0.6) is 0 Å². The molecule has 0 heterocycles. The van der Waals surface area contributed by atoms with E-state index in [0.717, 1.165) is 18.9 Å². The summed E-state index contributed by atoms with van der Waals surface area (Å²) in [6.07, 6.45) is 3.99. The fourth-order valence-electron chi connectivity index (χ4n) is 0.550. The maximum Gasteiger partial charge on any atom is 0.332 e. The highest BCUT2D eigenvalue weighted by atomic mass is 16.5. The summed E-state index contributed by atoms with van der Waals surface area (Å²) >= 11 is 0. The van der Waals surface area contributed by atoms with E-state index in [-0.39, 0.29) is 11.9 Å². The summed E-state index contributed by atoms with van der Waals surface area (Å²) in [6, 6.07) is 0.